The van der Waals surface area contributed by atoms with Gasteiger partial charge >= 0.3 is 5.97 Å². The summed E-state index contributed by atoms with van der Waals surface area (Å²) in [4.78, 5) is 35.6. The summed E-state index contributed by atoms with van der Waals surface area (Å²) < 4.78 is 10.6. The van der Waals surface area contributed by atoms with Crippen LogP contribution in [-0.2, 0) is 9.53 Å². The fraction of sp³-hybridized carbons (Fsp3) is 0.286. The molecule has 1 atom stereocenters. The maximum atomic E-state index is 12.3. The van der Waals surface area contributed by atoms with Crippen LogP contribution < -0.4 is 4.74 Å². The first-order chi connectivity index (χ1) is 12.3. The fourth-order valence-corrected chi connectivity index (χ4v) is 2.39. The van der Waals surface area contributed by atoms with Gasteiger partial charge in [-0.2, -0.15) is 0 Å². The highest BCUT2D eigenvalue weighted by molar-refractivity contribution is 5.99. The number of carbonyl (C=O) groups excluding carboxylic acids is 3. The summed E-state index contributed by atoms with van der Waals surface area (Å²) in [5, 5.41) is 0. The quantitative estimate of drug-likeness (QED) is 0.560. The second-order valence-corrected chi connectivity index (χ2v) is 6.19. The van der Waals surface area contributed by atoms with Crippen molar-refractivity contribution in [2.45, 2.75) is 33.8 Å². The maximum Gasteiger partial charge on any atom is 0.347 e. The molecule has 0 saturated carbocycles. The van der Waals surface area contributed by atoms with Gasteiger partial charge in [0.05, 0.1) is 0 Å². The van der Waals surface area contributed by atoms with E-state index < -0.39 is 12.1 Å². The average molecular weight is 354 g/mol. The molecule has 1 unspecified atom stereocenters. The highest BCUT2D eigenvalue weighted by Gasteiger charge is 2.19. The smallest absolute Gasteiger partial charge is 0.347 e. The molecule has 0 aromatic heterocycles. The molecule has 0 aliphatic rings. The van der Waals surface area contributed by atoms with Gasteiger partial charge < -0.3 is 9.47 Å². The standard InChI is InChI=1S/C21H22O5/c1-13-5-6-14(2)19(11-13)20(23)12-25-21(24)16(4)26-18-9-7-17(8-10-18)15(3)22/h5-11,16H,12H2,1-4H3. The summed E-state index contributed by atoms with van der Waals surface area (Å²) >= 11 is 0. The molecule has 26 heavy (non-hydrogen) atoms. The molecule has 0 saturated heterocycles. The molecule has 0 heterocycles. The predicted molar refractivity (Wildman–Crippen MR) is 97.7 cm³/mol. The van der Waals surface area contributed by atoms with Crippen molar-refractivity contribution in [2.24, 2.45) is 0 Å². The third kappa shape index (κ3) is 5.02. The zero-order valence-electron chi connectivity index (χ0n) is 15.4. The molecule has 0 spiro atoms. The molecule has 0 N–H and O–H groups in total. The first-order valence-electron chi connectivity index (χ1n) is 8.32. The van der Waals surface area contributed by atoms with Crippen molar-refractivity contribution in [2.75, 3.05) is 6.61 Å². The highest BCUT2D eigenvalue weighted by atomic mass is 16.6. The molecular formula is C21H22O5. The second kappa shape index (κ2) is 8.43. The molecule has 5 heteroatoms. The van der Waals surface area contributed by atoms with Crippen LogP contribution in [0.4, 0.5) is 0 Å². The Labute approximate surface area is 152 Å². The van der Waals surface area contributed by atoms with E-state index in [4.69, 9.17) is 9.47 Å². The first-order valence-corrected chi connectivity index (χ1v) is 8.32. The summed E-state index contributed by atoms with van der Waals surface area (Å²) in [5.41, 5.74) is 2.92. The zero-order valence-corrected chi connectivity index (χ0v) is 15.4. The molecule has 5 nitrogen and oxygen atoms in total. The number of aryl methyl sites for hydroxylation is 2. The molecule has 2 aromatic carbocycles. The van der Waals surface area contributed by atoms with Crippen LogP contribution in [0.5, 0.6) is 5.75 Å². The Hall–Kier alpha value is -2.95. The number of ketones is 2. The van der Waals surface area contributed by atoms with Crippen molar-refractivity contribution in [1.29, 1.82) is 0 Å². The van der Waals surface area contributed by atoms with E-state index in [1.165, 1.54) is 6.92 Å². The molecule has 0 aliphatic heterocycles. The normalized spacial score (nSPS) is 11.5. The monoisotopic (exact) mass is 354 g/mol. The second-order valence-electron chi connectivity index (χ2n) is 6.19. The van der Waals surface area contributed by atoms with Gasteiger partial charge in [0.2, 0.25) is 5.78 Å². The van der Waals surface area contributed by atoms with Crippen LogP contribution in [0.25, 0.3) is 0 Å². The number of benzene rings is 2. The SMILES string of the molecule is CC(=O)c1ccc(OC(C)C(=O)OCC(=O)c2cc(C)ccc2C)cc1. The van der Waals surface area contributed by atoms with E-state index in [0.29, 0.717) is 16.9 Å². The van der Waals surface area contributed by atoms with Crippen LogP contribution in [0.3, 0.4) is 0 Å². The number of Topliss-reactive ketones (excluding diaryl/α,β-unsaturated/α-hetero) is 2. The number of hydrogen-bond acceptors (Lipinski definition) is 5. The summed E-state index contributed by atoms with van der Waals surface area (Å²) in [5.74, 6) is -0.480. The van der Waals surface area contributed by atoms with E-state index >= 15 is 0 Å². The van der Waals surface area contributed by atoms with Crippen molar-refractivity contribution < 1.29 is 23.9 Å². The van der Waals surface area contributed by atoms with Crippen molar-refractivity contribution in [3.8, 4) is 5.75 Å². The van der Waals surface area contributed by atoms with Crippen LogP contribution in [-0.4, -0.2) is 30.2 Å². The van der Waals surface area contributed by atoms with Crippen molar-refractivity contribution in [3.63, 3.8) is 0 Å². The molecule has 2 aromatic rings. The van der Waals surface area contributed by atoms with Crippen molar-refractivity contribution >= 4 is 17.5 Å². The fourth-order valence-electron chi connectivity index (χ4n) is 2.39. The number of esters is 1. The van der Waals surface area contributed by atoms with Crippen LogP contribution in [0, 0.1) is 13.8 Å². The lowest BCUT2D eigenvalue weighted by Gasteiger charge is -2.14. The first kappa shape index (κ1) is 19.4. The summed E-state index contributed by atoms with van der Waals surface area (Å²) in [6.07, 6.45) is -0.871. The van der Waals surface area contributed by atoms with Crippen LogP contribution >= 0.6 is 0 Å². The Morgan fingerprint density at radius 3 is 2.27 bits per heavy atom. The van der Waals surface area contributed by atoms with Gasteiger partial charge in [0.25, 0.3) is 0 Å². The summed E-state index contributed by atoms with van der Waals surface area (Å²) in [6.45, 7) is 6.42. The van der Waals surface area contributed by atoms with Gasteiger partial charge in [-0.15, -0.1) is 0 Å². The minimum Gasteiger partial charge on any atom is -0.479 e. The van der Waals surface area contributed by atoms with Crippen LogP contribution in [0.2, 0.25) is 0 Å². The van der Waals surface area contributed by atoms with E-state index in [9.17, 15) is 14.4 Å². The van der Waals surface area contributed by atoms with E-state index in [-0.39, 0.29) is 18.2 Å². The van der Waals surface area contributed by atoms with E-state index in [1.807, 2.05) is 26.0 Å². The third-order valence-electron chi connectivity index (χ3n) is 3.94. The number of ether oxygens (including phenoxy) is 2. The predicted octanol–water partition coefficient (Wildman–Crippen LogP) is 3.70. The van der Waals surface area contributed by atoms with Gasteiger partial charge in [-0.05, 0) is 63.6 Å². The van der Waals surface area contributed by atoms with Gasteiger partial charge in [-0.3, -0.25) is 9.59 Å². The van der Waals surface area contributed by atoms with Gasteiger partial charge in [-0.25, -0.2) is 4.79 Å². The minimum atomic E-state index is -0.871. The Balaban J connectivity index is 1.91. The van der Waals surface area contributed by atoms with Crippen LogP contribution in [0.15, 0.2) is 42.5 Å². The minimum absolute atomic E-state index is 0.0473. The highest BCUT2D eigenvalue weighted by Crippen LogP contribution is 2.15. The Morgan fingerprint density at radius 2 is 1.65 bits per heavy atom. The topological polar surface area (TPSA) is 69.7 Å². The number of hydrogen-bond donors (Lipinski definition) is 0. The molecule has 0 radical (unpaired) electrons. The molecule has 0 bridgehead atoms. The lowest BCUT2D eigenvalue weighted by molar-refractivity contribution is -0.149. The van der Waals surface area contributed by atoms with Gasteiger partial charge in [0.15, 0.2) is 18.5 Å². The van der Waals surface area contributed by atoms with Crippen molar-refractivity contribution in [1.82, 2.24) is 0 Å². The van der Waals surface area contributed by atoms with E-state index in [2.05, 4.69) is 0 Å². The third-order valence-corrected chi connectivity index (χ3v) is 3.94. The summed E-state index contributed by atoms with van der Waals surface area (Å²) in [7, 11) is 0. The Morgan fingerprint density at radius 1 is 1.00 bits per heavy atom. The molecule has 2 rings (SSSR count). The Bertz CT molecular complexity index is 821. The summed E-state index contributed by atoms with van der Waals surface area (Å²) in [6, 6.07) is 12.0. The van der Waals surface area contributed by atoms with Crippen molar-refractivity contribution in [3.05, 3.63) is 64.7 Å². The molecular weight excluding hydrogens is 332 g/mol. The lowest BCUT2D eigenvalue weighted by atomic mass is 10.0. The lowest BCUT2D eigenvalue weighted by Crippen LogP contribution is -2.28. The van der Waals surface area contributed by atoms with Gasteiger partial charge in [0.1, 0.15) is 5.75 Å². The Kier molecular flexibility index (Phi) is 6.28. The zero-order chi connectivity index (χ0) is 19.3. The van der Waals surface area contributed by atoms with E-state index in [1.54, 1.807) is 37.3 Å². The molecule has 0 fully saturated rings. The van der Waals surface area contributed by atoms with Crippen LogP contribution in [0.1, 0.15) is 45.7 Å². The van der Waals surface area contributed by atoms with Gasteiger partial charge in [0, 0.05) is 11.1 Å². The maximum absolute atomic E-state index is 12.3. The molecule has 136 valence electrons. The molecule has 0 aliphatic carbocycles. The number of rotatable bonds is 7. The largest absolute Gasteiger partial charge is 0.479 e. The molecule has 0 amide bonds. The van der Waals surface area contributed by atoms with E-state index in [0.717, 1.165) is 11.1 Å². The average Bonchev–Trinajstić information content (AvgIpc) is 2.61. The van der Waals surface area contributed by atoms with Gasteiger partial charge in [-0.1, -0.05) is 17.7 Å². The number of carbonyl (C=O) groups is 3.